The molecule has 5 atom stereocenters. The predicted molar refractivity (Wildman–Crippen MR) is 111 cm³/mol. The van der Waals surface area contributed by atoms with E-state index in [1.807, 2.05) is 0 Å². The molecule has 0 aromatic carbocycles. The van der Waals surface area contributed by atoms with Gasteiger partial charge in [-0.2, -0.15) is 0 Å². The monoisotopic (exact) mass is 400 g/mol. The van der Waals surface area contributed by atoms with Crippen LogP contribution in [0.1, 0.15) is 64.7 Å². The molecule has 1 saturated carbocycles. The Bertz CT molecular complexity index is 463. The second-order valence-electron chi connectivity index (χ2n) is 7.41. The van der Waals surface area contributed by atoms with Gasteiger partial charge in [0.25, 0.3) is 0 Å². The maximum atomic E-state index is 10.6. The molecule has 1 rings (SSSR count). The molecule has 0 bridgehead atoms. The number of carbonyl (C=O) groups is 1. The second-order valence-corrected chi connectivity index (χ2v) is 7.98. The molecule has 0 aromatic rings. The van der Waals surface area contributed by atoms with E-state index in [4.69, 9.17) is 26.2 Å². The second kappa shape index (κ2) is 14.2. The van der Waals surface area contributed by atoms with Crippen LogP contribution < -0.4 is 0 Å². The standard InChI is InChI=1S/C22H37ClO4/c1-4-5-8-11-17(26-2)14-15-19-18(20(23)16-21(19)27-3)12-9-6-7-10-13-22(24)25/h6,9,14-15,17-21H,4-5,7-8,10-13,16H2,1-3H3,(H,24,25)/t17?,18-,19-,20?,21?/m1/s1. The fraction of sp³-hybridized carbons (Fsp3) is 0.773. The molecule has 1 N–H and O–H groups in total. The molecular weight excluding hydrogens is 364 g/mol. The number of aliphatic carboxylic acids is 1. The highest BCUT2D eigenvalue weighted by Gasteiger charge is 2.40. The Morgan fingerprint density at radius 2 is 2.04 bits per heavy atom. The Balaban J connectivity index is 2.61. The van der Waals surface area contributed by atoms with E-state index in [0.29, 0.717) is 12.3 Å². The van der Waals surface area contributed by atoms with Gasteiger partial charge in [-0.15, -0.1) is 11.6 Å². The number of carboxylic acid groups (broad SMARTS) is 1. The maximum absolute atomic E-state index is 10.6. The van der Waals surface area contributed by atoms with Crippen LogP contribution in [0.25, 0.3) is 0 Å². The lowest BCUT2D eigenvalue weighted by Gasteiger charge is -2.22. The summed E-state index contributed by atoms with van der Waals surface area (Å²) in [4.78, 5) is 10.6. The van der Waals surface area contributed by atoms with Gasteiger partial charge in [-0.25, -0.2) is 0 Å². The number of methoxy groups -OCH3 is 2. The molecule has 0 amide bonds. The third-order valence-electron chi connectivity index (χ3n) is 5.43. The number of rotatable bonds is 14. The van der Waals surface area contributed by atoms with Crippen molar-refractivity contribution >= 4 is 17.6 Å². The minimum absolute atomic E-state index is 0.0920. The summed E-state index contributed by atoms with van der Waals surface area (Å²) < 4.78 is 11.3. The van der Waals surface area contributed by atoms with Crippen LogP contribution >= 0.6 is 11.6 Å². The van der Waals surface area contributed by atoms with Gasteiger partial charge in [0.15, 0.2) is 0 Å². The summed E-state index contributed by atoms with van der Waals surface area (Å²) in [6.45, 7) is 2.21. The number of hydrogen-bond donors (Lipinski definition) is 1. The summed E-state index contributed by atoms with van der Waals surface area (Å²) in [7, 11) is 3.53. The van der Waals surface area contributed by atoms with Crippen LogP contribution in [0, 0.1) is 11.8 Å². The topological polar surface area (TPSA) is 55.8 Å². The Labute approximate surface area is 170 Å². The van der Waals surface area contributed by atoms with Crippen LogP contribution in [0.4, 0.5) is 0 Å². The fourth-order valence-electron chi connectivity index (χ4n) is 3.78. The Morgan fingerprint density at radius 1 is 1.26 bits per heavy atom. The predicted octanol–water partition coefficient (Wildman–Crippen LogP) is 5.60. The van der Waals surface area contributed by atoms with Gasteiger partial charge in [0.05, 0.1) is 12.2 Å². The van der Waals surface area contributed by atoms with Crippen molar-refractivity contribution in [3.63, 3.8) is 0 Å². The van der Waals surface area contributed by atoms with Crippen molar-refractivity contribution in [2.75, 3.05) is 14.2 Å². The highest BCUT2D eigenvalue weighted by molar-refractivity contribution is 6.21. The van der Waals surface area contributed by atoms with E-state index in [-0.39, 0.29) is 29.9 Å². The van der Waals surface area contributed by atoms with Crippen LogP contribution in [0.2, 0.25) is 0 Å². The molecule has 1 aliphatic rings. The van der Waals surface area contributed by atoms with Gasteiger partial charge < -0.3 is 14.6 Å². The number of unbranched alkanes of at least 4 members (excludes halogenated alkanes) is 3. The van der Waals surface area contributed by atoms with Crippen molar-refractivity contribution in [1.82, 2.24) is 0 Å². The number of alkyl halides is 1. The lowest BCUT2D eigenvalue weighted by molar-refractivity contribution is -0.137. The molecule has 0 aromatic heterocycles. The number of ether oxygens (including phenoxy) is 2. The molecule has 0 heterocycles. The number of allylic oxidation sites excluding steroid dienone is 2. The van der Waals surface area contributed by atoms with Gasteiger partial charge in [-0.1, -0.05) is 50.5 Å². The smallest absolute Gasteiger partial charge is 0.303 e. The summed E-state index contributed by atoms with van der Waals surface area (Å²) in [6, 6.07) is 0. The van der Waals surface area contributed by atoms with Crippen LogP contribution in [-0.4, -0.2) is 42.9 Å². The van der Waals surface area contributed by atoms with Crippen LogP contribution in [0.3, 0.4) is 0 Å². The Morgan fingerprint density at radius 3 is 2.67 bits per heavy atom. The molecule has 3 unspecified atom stereocenters. The number of halogens is 1. The van der Waals surface area contributed by atoms with E-state index in [1.54, 1.807) is 14.2 Å². The molecular formula is C22H37ClO4. The molecule has 27 heavy (non-hydrogen) atoms. The lowest BCUT2D eigenvalue weighted by Crippen LogP contribution is -2.21. The van der Waals surface area contributed by atoms with Crippen molar-refractivity contribution < 1.29 is 19.4 Å². The lowest BCUT2D eigenvalue weighted by atomic mass is 9.90. The maximum Gasteiger partial charge on any atom is 0.303 e. The molecule has 156 valence electrons. The first-order chi connectivity index (χ1) is 13.0. The van der Waals surface area contributed by atoms with Crippen molar-refractivity contribution in [3.05, 3.63) is 24.3 Å². The first-order valence-corrected chi connectivity index (χ1v) is 10.7. The van der Waals surface area contributed by atoms with Crippen molar-refractivity contribution in [1.29, 1.82) is 0 Å². The largest absolute Gasteiger partial charge is 0.481 e. The van der Waals surface area contributed by atoms with Crippen LogP contribution in [0.15, 0.2) is 24.3 Å². The van der Waals surface area contributed by atoms with Crippen molar-refractivity contribution in [3.8, 4) is 0 Å². The van der Waals surface area contributed by atoms with E-state index in [2.05, 4.69) is 31.2 Å². The third kappa shape index (κ3) is 9.27. The van der Waals surface area contributed by atoms with E-state index >= 15 is 0 Å². The number of carboxylic acids is 1. The third-order valence-corrected chi connectivity index (χ3v) is 5.93. The molecule has 0 aliphatic heterocycles. The van der Waals surface area contributed by atoms with Gasteiger partial charge in [-0.3, -0.25) is 4.79 Å². The van der Waals surface area contributed by atoms with Gasteiger partial charge in [0, 0.05) is 31.9 Å². The zero-order chi connectivity index (χ0) is 20.1. The summed E-state index contributed by atoms with van der Waals surface area (Å²) in [5.41, 5.74) is 0. The van der Waals surface area contributed by atoms with Gasteiger partial charge in [0.1, 0.15) is 0 Å². The molecule has 0 saturated heterocycles. The van der Waals surface area contributed by atoms with Gasteiger partial charge in [0.2, 0.25) is 0 Å². The Hall–Kier alpha value is -0.840. The molecule has 1 fully saturated rings. The fourth-order valence-corrected chi connectivity index (χ4v) is 4.22. The van der Waals surface area contributed by atoms with Crippen LogP contribution in [0.5, 0.6) is 0 Å². The average molecular weight is 401 g/mol. The normalized spacial score (nSPS) is 27.0. The molecule has 4 nitrogen and oxygen atoms in total. The molecule has 0 spiro atoms. The zero-order valence-corrected chi connectivity index (χ0v) is 17.9. The summed E-state index contributed by atoms with van der Waals surface area (Å²) >= 11 is 6.62. The summed E-state index contributed by atoms with van der Waals surface area (Å²) in [5.74, 6) is -0.124. The zero-order valence-electron chi connectivity index (χ0n) is 17.1. The first kappa shape index (κ1) is 24.2. The van der Waals surface area contributed by atoms with Crippen molar-refractivity contribution in [2.24, 2.45) is 11.8 Å². The highest BCUT2D eigenvalue weighted by atomic mass is 35.5. The molecule has 5 heteroatoms. The SMILES string of the molecule is CCCCCC(C=C[C@H]1C(OC)CC(Cl)[C@@H]1CC=CCCCC(=O)O)OC. The van der Waals surface area contributed by atoms with E-state index < -0.39 is 5.97 Å². The van der Waals surface area contributed by atoms with Crippen LogP contribution in [-0.2, 0) is 14.3 Å². The van der Waals surface area contributed by atoms with Gasteiger partial charge in [-0.05, 0) is 38.0 Å². The molecule has 1 aliphatic carbocycles. The minimum atomic E-state index is -0.736. The quantitative estimate of drug-likeness (QED) is 0.234. The first-order valence-electron chi connectivity index (χ1n) is 10.3. The summed E-state index contributed by atoms with van der Waals surface area (Å²) in [5, 5.41) is 8.78. The average Bonchev–Trinajstić information content (AvgIpc) is 2.95. The number of hydrogen-bond acceptors (Lipinski definition) is 3. The van der Waals surface area contributed by atoms with E-state index in [0.717, 1.165) is 25.7 Å². The molecule has 0 radical (unpaired) electrons. The Kier molecular flexibility index (Phi) is 12.7. The van der Waals surface area contributed by atoms with Gasteiger partial charge >= 0.3 is 5.97 Å². The van der Waals surface area contributed by atoms with E-state index in [1.165, 1.54) is 19.3 Å². The highest BCUT2D eigenvalue weighted by Crippen LogP contribution is 2.41. The van der Waals surface area contributed by atoms with E-state index in [9.17, 15) is 4.79 Å². The minimum Gasteiger partial charge on any atom is -0.481 e. The summed E-state index contributed by atoms with van der Waals surface area (Å²) in [6.07, 6.45) is 17.1. The van der Waals surface area contributed by atoms with Crippen molar-refractivity contribution in [2.45, 2.75) is 82.3 Å².